The Bertz CT molecular complexity index is 247. The maximum atomic E-state index is 11.4. The van der Waals surface area contributed by atoms with E-state index < -0.39 is 0 Å². The van der Waals surface area contributed by atoms with Crippen LogP contribution in [0.5, 0.6) is 0 Å². The molecule has 1 aliphatic heterocycles. The molecule has 0 aromatic rings. The van der Waals surface area contributed by atoms with Crippen LogP contribution < -0.4 is 0 Å². The third-order valence-electron chi connectivity index (χ3n) is 2.68. The standard InChI is InChI=1S/C9H13NO3/c1-13-9(12)6-4-8(11)10(5-6)7-2-3-7/h6-7H,2-5H2,1H3. The second kappa shape index (κ2) is 3.01. The van der Waals surface area contributed by atoms with Crippen LogP contribution in [0, 0.1) is 5.92 Å². The van der Waals surface area contributed by atoms with Crippen LogP contribution in [0.1, 0.15) is 19.3 Å². The molecule has 4 heteroatoms. The number of likely N-dealkylation sites (tertiary alicyclic amines) is 1. The molecule has 1 saturated heterocycles. The van der Waals surface area contributed by atoms with E-state index in [9.17, 15) is 9.59 Å². The molecule has 1 aliphatic carbocycles. The third-order valence-corrected chi connectivity index (χ3v) is 2.68. The number of methoxy groups -OCH3 is 1. The Morgan fingerprint density at radius 2 is 2.23 bits per heavy atom. The Hall–Kier alpha value is -1.06. The van der Waals surface area contributed by atoms with Gasteiger partial charge in [0.05, 0.1) is 13.0 Å². The Balaban J connectivity index is 1.97. The first-order valence-electron chi connectivity index (χ1n) is 4.59. The minimum atomic E-state index is -0.253. The smallest absolute Gasteiger partial charge is 0.310 e. The average Bonchev–Trinajstić information content (AvgIpc) is 2.89. The first-order valence-corrected chi connectivity index (χ1v) is 4.59. The molecule has 1 amide bonds. The number of hydrogen-bond acceptors (Lipinski definition) is 3. The van der Waals surface area contributed by atoms with Gasteiger partial charge in [-0.15, -0.1) is 0 Å². The highest BCUT2D eigenvalue weighted by molar-refractivity contribution is 5.87. The van der Waals surface area contributed by atoms with Crippen LogP contribution in [0.25, 0.3) is 0 Å². The summed E-state index contributed by atoms with van der Waals surface area (Å²) < 4.78 is 4.61. The van der Waals surface area contributed by atoms with E-state index in [0.717, 1.165) is 12.8 Å². The van der Waals surface area contributed by atoms with Crippen LogP contribution in [0.2, 0.25) is 0 Å². The first kappa shape index (κ1) is 8.53. The van der Waals surface area contributed by atoms with Crippen LogP contribution in [0.3, 0.4) is 0 Å². The van der Waals surface area contributed by atoms with E-state index in [1.807, 2.05) is 4.90 Å². The summed E-state index contributed by atoms with van der Waals surface area (Å²) in [4.78, 5) is 24.4. The molecule has 2 rings (SSSR count). The molecule has 13 heavy (non-hydrogen) atoms. The number of amides is 1. The number of carbonyl (C=O) groups excluding carboxylic acids is 2. The molecule has 1 heterocycles. The van der Waals surface area contributed by atoms with Gasteiger partial charge in [0.25, 0.3) is 0 Å². The van der Waals surface area contributed by atoms with Gasteiger partial charge in [-0.3, -0.25) is 9.59 Å². The Morgan fingerprint density at radius 3 is 2.77 bits per heavy atom. The molecule has 0 radical (unpaired) electrons. The van der Waals surface area contributed by atoms with Crippen molar-refractivity contribution in [3.05, 3.63) is 0 Å². The van der Waals surface area contributed by atoms with E-state index in [1.165, 1.54) is 7.11 Å². The minimum Gasteiger partial charge on any atom is -0.469 e. The average molecular weight is 183 g/mol. The maximum Gasteiger partial charge on any atom is 0.310 e. The highest BCUT2D eigenvalue weighted by atomic mass is 16.5. The lowest BCUT2D eigenvalue weighted by atomic mass is 10.1. The van der Waals surface area contributed by atoms with E-state index in [0.29, 0.717) is 19.0 Å². The van der Waals surface area contributed by atoms with Crippen molar-refractivity contribution in [1.82, 2.24) is 4.90 Å². The van der Waals surface area contributed by atoms with Crippen molar-refractivity contribution in [2.45, 2.75) is 25.3 Å². The molecule has 0 aromatic carbocycles. The van der Waals surface area contributed by atoms with Gasteiger partial charge in [0.15, 0.2) is 0 Å². The van der Waals surface area contributed by atoms with Crippen molar-refractivity contribution in [2.24, 2.45) is 5.92 Å². The van der Waals surface area contributed by atoms with Crippen molar-refractivity contribution < 1.29 is 14.3 Å². The first-order chi connectivity index (χ1) is 6.22. The molecule has 72 valence electrons. The summed E-state index contributed by atoms with van der Waals surface area (Å²) in [6.07, 6.45) is 2.53. The minimum absolute atomic E-state index is 0.109. The Kier molecular flexibility index (Phi) is 1.98. The fraction of sp³-hybridized carbons (Fsp3) is 0.778. The van der Waals surface area contributed by atoms with Gasteiger partial charge >= 0.3 is 5.97 Å². The summed E-state index contributed by atoms with van der Waals surface area (Å²) >= 11 is 0. The SMILES string of the molecule is COC(=O)C1CC(=O)N(C2CC2)C1. The van der Waals surface area contributed by atoms with E-state index in [2.05, 4.69) is 4.74 Å². The summed E-state index contributed by atoms with van der Waals surface area (Å²) in [5.74, 6) is -0.368. The number of carbonyl (C=O) groups is 2. The number of esters is 1. The summed E-state index contributed by atoms with van der Waals surface area (Å²) in [6, 6.07) is 0.419. The zero-order valence-electron chi connectivity index (χ0n) is 7.66. The van der Waals surface area contributed by atoms with E-state index in [1.54, 1.807) is 0 Å². The molecule has 1 unspecified atom stereocenters. The molecule has 0 spiro atoms. The molecule has 0 bridgehead atoms. The molecule has 0 N–H and O–H groups in total. The van der Waals surface area contributed by atoms with Crippen molar-refractivity contribution in [3.63, 3.8) is 0 Å². The molecule has 1 saturated carbocycles. The summed E-state index contributed by atoms with van der Waals surface area (Å²) in [5, 5.41) is 0. The van der Waals surface area contributed by atoms with Gasteiger partial charge in [0.2, 0.25) is 5.91 Å². The van der Waals surface area contributed by atoms with Gasteiger partial charge in [-0.25, -0.2) is 0 Å². The van der Waals surface area contributed by atoms with Crippen LogP contribution in [-0.4, -0.2) is 36.5 Å². The zero-order chi connectivity index (χ0) is 9.42. The summed E-state index contributed by atoms with van der Waals surface area (Å²) in [7, 11) is 1.37. The zero-order valence-corrected chi connectivity index (χ0v) is 7.66. The molecule has 4 nitrogen and oxygen atoms in total. The van der Waals surface area contributed by atoms with E-state index in [4.69, 9.17) is 0 Å². The topological polar surface area (TPSA) is 46.6 Å². The van der Waals surface area contributed by atoms with Gasteiger partial charge < -0.3 is 9.64 Å². The van der Waals surface area contributed by atoms with Crippen LogP contribution in [0.4, 0.5) is 0 Å². The number of hydrogen-bond donors (Lipinski definition) is 0. The Labute approximate surface area is 76.8 Å². The molecular weight excluding hydrogens is 170 g/mol. The predicted octanol–water partition coefficient (Wildman–Crippen LogP) is 0.170. The molecule has 2 aliphatic rings. The van der Waals surface area contributed by atoms with Crippen LogP contribution >= 0.6 is 0 Å². The molecule has 0 aromatic heterocycles. The van der Waals surface area contributed by atoms with Gasteiger partial charge in [0.1, 0.15) is 0 Å². The monoisotopic (exact) mass is 183 g/mol. The Morgan fingerprint density at radius 1 is 1.54 bits per heavy atom. The fourth-order valence-corrected chi connectivity index (χ4v) is 1.80. The number of nitrogens with zero attached hydrogens (tertiary/aromatic N) is 1. The van der Waals surface area contributed by atoms with Crippen molar-refractivity contribution in [2.75, 3.05) is 13.7 Å². The van der Waals surface area contributed by atoms with Crippen molar-refractivity contribution in [3.8, 4) is 0 Å². The second-order valence-corrected chi connectivity index (χ2v) is 3.70. The van der Waals surface area contributed by atoms with E-state index in [-0.39, 0.29) is 17.8 Å². The lowest BCUT2D eigenvalue weighted by Gasteiger charge is -2.14. The van der Waals surface area contributed by atoms with E-state index >= 15 is 0 Å². The second-order valence-electron chi connectivity index (χ2n) is 3.70. The lowest BCUT2D eigenvalue weighted by molar-refractivity contribution is -0.145. The highest BCUT2D eigenvalue weighted by Crippen LogP contribution is 2.32. The largest absolute Gasteiger partial charge is 0.469 e. The van der Waals surface area contributed by atoms with Crippen LogP contribution in [-0.2, 0) is 14.3 Å². The molecule has 1 atom stereocenters. The normalized spacial score (nSPS) is 27.9. The van der Waals surface area contributed by atoms with Gasteiger partial charge in [-0.1, -0.05) is 0 Å². The summed E-state index contributed by atoms with van der Waals surface area (Å²) in [6.45, 7) is 0.566. The number of rotatable bonds is 2. The van der Waals surface area contributed by atoms with Gasteiger partial charge in [0, 0.05) is 19.0 Å². The van der Waals surface area contributed by atoms with Gasteiger partial charge in [-0.05, 0) is 12.8 Å². The van der Waals surface area contributed by atoms with Crippen molar-refractivity contribution >= 4 is 11.9 Å². The highest BCUT2D eigenvalue weighted by Gasteiger charge is 2.42. The quantitative estimate of drug-likeness (QED) is 0.573. The van der Waals surface area contributed by atoms with Crippen molar-refractivity contribution in [1.29, 1.82) is 0 Å². The third kappa shape index (κ3) is 1.53. The fourth-order valence-electron chi connectivity index (χ4n) is 1.80. The summed E-state index contributed by atoms with van der Waals surface area (Å²) in [5.41, 5.74) is 0. The number of ether oxygens (including phenoxy) is 1. The lowest BCUT2D eigenvalue weighted by Crippen LogP contribution is -2.28. The molecular formula is C9H13NO3. The maximum absolute atomic E-state index is 11.4. The van der Waals surface area contributed by atoms with Crippen LogP contribution in [0.15, 0.2) is 0 Å². The molecule has 2 fully saturated rings. The van der Waals surface area contributed by atoms with Gasteiger partial charge in [-0.2, -0.15) is 0 Å². The predicted molar refractivity (Wildman–Crippen MR) is 44.9 cm³/mol.